The smallest absolute Gasteiger partial charge is 0.313 e. The number of aryl methyl sites for hydroxylation is 2. The van der Waals surface area contributed by atoms with Crippen LogP contribution in [0.4, 0.5) is 8.78 Å². The zero-order valence-corrected chi connectivity index (χ0v) is 12.2. The summed E-state index contributed by atoms with van der Waals surface area (Å²) in [7, 11) is 0. The first-order valence-electron chi connectivity index (χ1n) is 6.19. The summed E-state index contributed by atoms with van der Waals surface area (Å²) in [6, 6.07) is 2.51. The highest BCUT2D eigenvalue weighted by Gasteiger charge is 2.21. The van der Waals surface area contributed by atoms with Crippen molar-refractivity contribution in [2.24, 2.45) is 0 Å². The van der Waals surface area contributed by atoms with Crippen molar-refractivity contribution in [2.45, 2.75) is 25.4 Å². The average Bonchev–Trinajstić information content (AvgIpc) is 2.84. The molecule has 0 amide bonds. The van der Waals surface area contributed by atoms with Crippen molar-refractivity contribution >= 4 is 17.7 Å². The van der Waals surface area contributed by atoms with Crippen molar-refractivity contribution in [1.29, 1.82) is 0 Å². The number of carboxylic acids is 1. The van der Waals surface area contributed by atoms with E-state index in [1.54, 1.807) is 6.92 Å². The number of aromatic nitrogens is 3. The highest BCUT2D eigenvalue weighted by molar-refractivity contribution is 7.99. The van der Waals surface area contributed by atoms with Gasteiger partial charge in [0.2, 0.25) is 0 Å². The second-order valence-electron chi connectivity index (χ2n) is 4.30. The van der Waals surface area contributed by atoms with Crippen molar-refractivity contribution in [3.63, 3.8) is 0 Å². The maximum absolute atomic E-state index is 14.3. The van der Waals surface area contributed by atoms with E-state index < -0.39 is 17.6 Å². The fraction of sp³-hybridized carbons (Fsp3) is 0.308. The van der Waals surface area contributed by atoms with Crippen LogP contribution >= 0.6 is 11.8 Å². The first kappa shape index (κ1) is 15.4. The molecule has 21 heavy (non-hydrogen) atoms. The van der Waals surface area contributed by atoms with Crippen LogP contribution in [0.25, 0.3) is 5.69 Å². The first-order valence-corrected chi connectivity index (χ1v) is 7.18. The number of halogens is 2. The van der Waals surface area contributed by atoms with Crippen molar-refractivity contribution < 1.29 is 18.7 Å². The molecule has 1 N–H and O–H groups in total. The molecule has 0 spiro atoms. The SMILES string of the molecule is CCc1nnc(SCC(=O)O)n1-c1c(F)ccc(C)c1F. The molecular formula is C13H13F2N3O2S. The van der Waals surface area contributed by atoms with E-state index in [9.17, 15) is 13.6 Å². The van der Waals surface area contributed by atoms with Crippen LogP contribution in [-0.4, -0.2) is 31.6 Å². The third kappa shape index (κ3) is 3.05. The Balaban J connectivity index is 2.59. The molecule has 0 aliphatic rings. The van der Waals surface area contributed by atoms with Crippen LogP contribution in [-0.2, 0) is 11.2 Å². The van der Waals surface area contributed by atoms with E-state index in [1.807, 2.05) is 0 Å². The maximum atomic E-state index is 14.3. The van der Waals surface area contributed by atoms with Gasteiger partial charge in [-0.15, -0.1) is 10.2 Å². The molecule has 0 bridgehead atoms. The van der Waals surface area contributed by atoms with E-state index >= 15 is 0 Å². The number of aliphatic carboxylic acids is 1. The van der Waals surface area contributed by atoms with E-state index in [4.69, 9.17) is 5.11 Å². The molecule has 0 aliphatic carbocycles. The number of rotatable bonds is 5. The summed E-state index contributed by atoms with van der Waals surface area (Å²) in [5.41, 5.74) is 0.0149. The lowest BCUT2D eigenvalue weighted by Crippen LogP contribution is -2.09. The molecule has 0 fully saturated rings. The zero-order chi connectivity index (χ0) is 15.6. The van der Waals surface area contributed by atoms with Crippen molar-refractivity contribution in [3.8, 4) is 5.69 Å². The lowest BCUT2D eigenvalue weighted by Gasteiger charge is -2.12. The van der Waals surface area contributed by atoms with Gasteiger partial charge in [0.05, 0.1) is 5.75 Å². The van der Waals surface area contributed by atoms with Gasteiger partial charge in [-0.1, -0.05) is 24.8 Å². The molecule has 2 rings (SSSR count). The summed E-state index contributed by atoms with van der Waals surface area (Å²) in [5.74, 6) is -2.40. The van der Waals surface area contributed by atoms with Crippen LogP contribution in [0, 0.1) is 18.6 Å². The molecule has 1 heterocycles. The Morgan fingerprint density at radius 3 is 2.71 bits per heavy atom. The van der Waals surface area contributed by atoms with Crippen LogP contribution in [0.2, 0.25) is 0 Å². The number of carbonyl (C=O) groups is 1. The van der Waals surface area contributed by atoms with Crippen LogP contribution in [0.1, 0.15) is 18.3 Å². The monoisotopic (exact) mass is 313 g/mol. The van der Waals surface area contributed by atoms with Crippen molar-refractivity contribution in [3.05, 3.63) is 35.2 Å². The summed E-state index contributed by atoms with van der Waals surface area (Å²) in [6.45, 7) is 3.30. The molecule has 2 aromatic rings. The summed E-state index contributed by atoms with van der Waals surface area (Å²) >= 11 is 0.866. The second-order valence-corrected chi connectivity index (χ2v) is 5.24. The molecule has 0 saturated heterocycles. The van der Waals surface area contributed by atoms with Crippen molar-refractivity contribution in [1.82, 2.24) is 14.8 Å². The predicted molar refractivity (Wildman–Crippen MR) is 73.7 cm³/mol. The molecule has 0 atom stereocenters. The van der Waals surface area contributed by atoms with E-state index in [-0.39, 0.29) is 22.2 Å². The largest absolute Gasteiger partial charge is 0.481 e. The molecule has 0 unspecified atom stereocenters. The molecule has 8 heteroatoms. The van der Waals surface area contributed by atoms with Gasteiger partial charge in [0.25, 0.3) is 0 Å². The van der Waals surface area contributed by atoms with Gasteiger partial charge in [0, 0.05) is 6.42 Å². The first-order chi connectivity index (χ1) is 9.95. The van der Waals surface area contributed by atoms with Gasteiger partial charge >= 0.3 is 5.97 Å². The van der Waals surface area contributed by atoms with Crippen LogP contribution in [0.3, 0.4) is 0 Å². The summed E-state index contributed by atoms with van der Waals surface area (Å²) < 4.78 is 29.6. The molecule has 0 aliphatic heterocycles. The number of nitrogens with zero attached hydrogens (tertiary/aromatic N) is 3. The van der Waals surface area contributed by atoms with Crippen LogP contribution in [0.5, 0.6) is 0 Å². The highest BCUT2D eigenvalue weighted by Crippen LogP contribution is 2.27. The Bertz CT molecular complexity index is 688. The maximum Gasteiger partial charge on any atom is 0.313 e. The minimum atomic E-state index is -1.04. The molecule has 112 valence electrons. The third-order valence-electron chi connectivity index (χ3n) is 2.82. The lowest BCUT2D eigenvalue weighted by atomic mass is 10.2. The summed E-state index contributed by atoms with van der Waals surface area (Å²) in [4.78, 5) is 10.7. The summed E-state index contributed by atoms with van der Waals surface area (Å²) in [5, 5.41) is 16.6. The van der Waals surface area contributed by atoms with Crippen LogP contribution in [0.15, 0.2) is 17.3 Å². The lowest BCUT2D eigenvalue weighted by molar-refractivity contribution is -0.133. The minimum absolute atomic E-state index is 0.151. The number of hydrogen-bond acceptors (Lipinski definition) is 4. The number of carboxylic acid groups (broad SMARTS) is 1. The number of thioether (sulfide) groups is 1. The van der Waals surface area contributed by atoms with Gasteiger partial charge in [-0.3, -0.25) is 9.36 Å². The molecule has 0 radical (unpaired) electrons. The van der Waals surface area contributed by atoms with Gasteiger partial charge in [0.1, 0.15) is 17.3 Å². The van der Waals surface area contributed by atoms with E-state index in [0.717, 1.165) is 11.8 Å². The van der Waals surface area contributed by atoms with E-state index in [1.165, 1.54) is 23.6 Å². The molecule has 0 saturated carbocycles. The van der Waals surface area contributed by atoms with Gasteiger partial charge in [-0.25, -0.2) is 8.78 Å². The minimum Gasteiger partial charge on any atom is -0.481 e. The predicted octanol–water partition coefficient (Wildman–Crippen LogP) is 2.59. The molecular weight excluding hydrogens is 300 g/mol. The third-order valence-corrected chi connectivity index (χ3v) is 3.74. The zero-order valence-electron chi connectivity index (χ0n) is 11.4. The Morgan fingerprint density at radius 2 is 2.10 bits per heavy atom. The number of hydrogen-bond donors (Lipinski definition) is 1. The fourth-order valence-corrected chi connectivity index (χ4v) is 2.50. The number of benzene rings is 1. The van der Waals surface area contributed by atoms with Gasteiger partial charge in [0.15, 0.2) is 11.0 Å². The van der Waals surface area contributed by atoms with Gasteiger partial charge in [-0.2, -0.15) is 0 Å². The van der Waals surface area contributed by atoms with Crippen molar-refractivity contribution in [2.75, 3.05) is 5.75 Å². The highest BCUT2D eigenvalue weighted by atomic mass is 32.2. The van der Waals surface area contributed by atoms with Gasteiger partial charge in [-0.05, 0) is 18.6 Å². The Hall–Kier alpha value is -1.96. The molecule has 5 nitrogen and oxygen atoms in total. The van der Waals surface area contributed by atoms with Gasteiger partial charge < -0.3 is 5.11 Å². The summed E-state index contributed by atoms with van der Waals surface area (Å²) in [6.07, 6.45) is 0.410. The van der Waals surface area contributed by atoms with E-state index in [2.05, 4.69) is 10.2 Å². The molecule has 1 aromatic carbocycles. The Kier molecular flexibility index (Phi) is 4.56. The second kappa shape index (κ2) is 6.21. The Labute approximate surface area is 124 Å². The van der Waals surface area contributed by atoms with E-state index in [0.29, 0.717) is 12.2 Å². The quantitative estimate of drug-likeness (QED) is 0.859. The molecule has 1 aromatic heterocycles. The topological polar surface area (TPSA) is 68.0 Å². The Morgan fingerprint density at radius 1 is 1.38 bits per heavy atom. The standard InChI is InChI=1S/C13H13F2N3O2S/c1-3-9-16-17-13(21-6-10(19)20)18(9)12-8(14)5-4-7(2)11(12)15/h4-5H,3,6H2,1-2H3,(H,19,20). The van der Waals surface area contributed by atoms with Crippen LogP contribution < -0.4 is 0 Å². The normalized spacial score (nSPS) is 10.9. The fourth-order valence-electron chi connectivity index (χ4n) is 1.82. The average molecular weight is 313 g/mol.